The largest absolute Gasteiger partial charge is 0.496 e. The summed E-state index contributed by atoms with van der Waals surface area (Å²) >= 11 is 0. The van der Waals surface area contributed by atoms with Gasteiger partial charge < -0.3 is 15.0 Å². The minimum atomic E-state index is -0.164. The predicted molar refractivity (Wildman–Crippen MR) is 94.0 cm³/mol. The Kier molecular flexibility index (Phi) is 4.79. The van der Waals surface area contributed by atoms with Gasteiger partial charge in [0.15, 0.2) is 0 Å². The van der Waals surface area contributed by atoms with Crippen LogP contribution in [0.1, 0.15) is 30.8 Å². The fourth-order valence-electron chi connectivity index (χ4n) is 2.72. The number of rotatable bonds is 6. The predicted octanol–water partition coefficient (Wildman–Crippen LogP) is 3.38. The van der Waals surface area contributed by atoms with Crippen LogP contribution in [0.4, 0.5) is 0 Å². The molecule has 0 bridgehead atoms. The number of H-pyrrole nitrogens is 1. The monoisotopic (exact) mass is 323 g/mol. The standard InChI is InChI=1S/C19H21N3O2/c1-13(19-21-15-8-4-5-9-16(15)22-19)20-18(23)12-11-14-7-3-6-10-17(14)24-2/h3-10,13H,11-12H2,1-2H3,(H,20,23)(H,21,22)/t13-/m0/s1. The molecule has 0 saturated heterocycles. The van der Waals surface area contributed by atoms with Gasteiger partial charge in [-0.2, -0.15) is 0 Å². The number of nitrogens with one attached hydrogen (secondary N) is 2. The van der Waals surface area contributed by atoms with Crippen LogP contribution in [0.25, 0.3) is 11.0 Å². The van der Waals surface area contributed by atoms with Crippen LogP contribution < -0.4 is 10.1 Å². The van der Waals surface area contributed by atoms with Crippen molar-refractivity contribution in [1.82, 2.24) is 15.3 Å². The summed E-state index contributed by atoms with van der Waals surface area (Å²) in [5, 5.41) is 2.99. The molecule has 0 aliphatic rings. The van der Waals surface area contributed by atoms with E-state index in [1.165, 1.54) is 0 Å². The lowest BCUT2D eigenvalue weighted by atomic mass is 10.1. The lowest BCUT2D eigenvalue weighted by Gasteiger charge is -2.12. The number of nitrogens with zero attached hydrogens (tertiary/aromatic N) is 1. The first-order chi connectivity index (χ1) is 11.7. The fourth-order valence-corrected chi connectivity index (χ4v) is 2.72. The van der Waals surface area contributed by atoms with Crippen molar-refractivity contribution in [1.29, 1.82) is 0 Å². The molecule has 0 spiro atoms. The quantitative estimate of drug-likeness (QED) is 0.731. The van der Waals surface area contributed by atoms with Gasteiger partial charge in [0.05, 0.1) is 24.2 Å². The molecule has 124 valence electrons. The molecule has 0 saturated carbocycles. The van der Waals surface area contributed by atoms with E-state index in [0.717, 1.165) is 28.2 Å². The number of amides is 1. The van der Waals surface area contributed by atoms with Gasteiger partial charge in [-0.1, -0.05) is 30.3 Å². The molecule has 1 atom stereocenters. The average molecular weight is 323 g/mol. The second-order valence-electron chi connectivity index (χ2n) is 5.74. The van der Waals surface area contributed by atoms with Gasteiger partial charge in [-0.15, -0.1) is 0 Å². The third-order valence-electron chi connectivity index (χ3n) is 4.01. The molecular weight excluding hydrogens is 302 g/mol. The molecule has 3 aromatic rings. The molecular formula is C19H21N3O2. The topological polar surface area (TPSA) is 67.0 Å². The summed E-state index contributed by atoms with van der Waals surface area (Å²) in [7, 11) is 1.64. The van der Waals surface area contributed by atoms with E-state index in [-0.39, 0.29) is 11.9 Å². The molecule has 1 amide bonds. The number of aromatic nitrogens is 2. The number of carbonyl (C=O) groups excluding carboxylic acids is 1. The van der Waals surface area contributed by atoms with Crippen molar-refractivity contribution in [3.05, 3.63) is 59.9 Å². The zero-order valence-corrected chi connectivity index (χ0v) is 13.9. The van der Waals surface area contributed by atoms with Gasteiger partial charge in [0.2, 0.25) is 5.91 Å². The number of fused-ring (bicyclic) bond motifs is 1. The Morgan fingerprint density at radius 1 is 1.21 bits per heavy atom. The highest BCUT2D eigenvalue weighted by molar-refractivity contribution is 5.77. The zero-order valence-electron chi connectivity index (χ0n) is 13.9. The summed E-state index contributed by atoms with van der Waals surface area (Å²) in [6, 6.07) is 15.4. The van der Waals surface area contributed by atoms with Gasteiger partial charge in [-0.05, 0) is 37.1 Å². The highest BCUT2D eigenvalue weighted by Gasteiger charge is 2.14. The van der Waals surface area contributed by atoms with Crippen molar-refractivity contribution in [3.63, 3.8) is 0 Å². The van der Waals surface area contributed by atoms with Crippen molar-refractivity contribution in [2.24, 2.45) is 0 Å². The summed E-state index contributed by atoms with van der Waals surface area (Å²) < 4.78 is 5.32. The minimum Gasteiger partial charge on any atom is -0.496 e. The summed E-state index contributed by atoms with van der Waals surface area (Å²) in [6.45, 7) is 1.93. The van der Waals surface area contributed by atoms with E-state index in [1.54, 1.807) is 7.11 Å². The molecule has 5 heteroatoms. The Hall–Kier alpha value is -2.82. The molecule has 5 nitrogen and oxygen atoms in total. The summed E-state index contributed by atoms with van der Waals surface area (Å²) in [5.74, 6) is 1.58. The fraction of sp³-hybridized carbons (Fsp3) is 0.263. The lowest BCUT2D eigenvalue weighted by molar-refractivity contribution is -0.121. The van der Waals surface area contributed by atoms with Crippen molar-refractivity contribution in [2.45, 2.75) is 25.8 Å². The maximum Gasteiger partial charge on any atom is 0.220 e. The van der Waals surface area contributed by atoms with Crippen LogP contribution in [-0.4, -0.2) is 23.0 Å². The number of hydrogen-bond acceptors (Lipinski definition) is 3. The summed E-state index contributed by atoms with van der Waals surface area (Å²) in [4.78, 5) is 20.0. The van der Waals surface area contributed by atoms with E-state index < -0.39 is 0 Å². The van der Waals surface area contributed by atoms with Crippen molar-refractivity contribution in [2.75, 3.05) is 7.11 Å². The van der Waals surface area contributed by atoms with Crippen LogP contribution in [0, 0.1) is 0 Å². The van der Waals surface area contributed by atoms with Crippen LogP contribution in [0.5, 0.6) is 5.75 Å². The van der Waals surface area contributed by atoms with E-state index in [4.69, 9.17) is 4.74 Å². The van der Waals surface area contributed by atoms with Gasteiger partial charge in [-0.3, -0.25) is 4.79 Å². The molecule has 3 rings (SSSR count). The van der Waals surface area contributed by atoms with Crippen LogP contribution in [0.3, 0.4) is 0 Å². The smallest absolute Gasteiger partial charge is 0.220 e. The molecule has 0 aliphatic heterocycles. The number of aryl methyl sites for hydroxylation is 1. The third kappa shape index (κ3) is 3.56. The molecule has 0 fully saturated rings. The Morgan fingerprint density at radius 3 is 2.75 bits per heavy atom. The number of aromatic amines is 1. The number of ether oxygens (including phenoxy) is 1. The first kappa shape index (κ1) is 16.1. The number of para-hydroxylation sites is 3. The maximum atomic E-state index is 12.2. The molecule has 0 unspecified atom stereocenters. The molecule has 24 heavy (non-hydrogen) atoms. The molecule has 2 aromatic carbocycles. The van der Waals surface area contributed by atoms with Crippen LogP contribution in [-0.2, 0) is 11.2 Å². The number of imidazole rings is 1. The molecule has 1 heterocycles. The van der Waals surface area contributed by atoms with E-state index >= 15 is 0 Å². The SMILES string of the molecule is COc1ccccc1CCC(=O)N[C@@H](C)c1nc2ccccc2[nH]1. The Balaban J connectivity index is 1.60. The molecule has 1 aromatic heterocycles. The summed E-state index contributed by atoms with van der Waals surface area (Å²) in [6.07, 6.45) is 1.05. The van der Waals surface area contributed by atoms with Crippen molar-refractivity contribution in [3.8, 4) is 5.75 Å². The summed E-state index contributed by atoms with van der Waals surface area (Å²) in [5.41, 5.74) is 2.91. The van der Waals surface area contributed by atoms with Gasteiger partial charge in [-0.25, -0.2) is 4.98 Å². The second kappa shape index (κ2) is 7.17. The van der Waals surface area contributed by atoms with Crippen LogP contribution in [0.2, 0.25) is 0 Å². The van der Waals surface area contributed by atoms with E-state index in [1.807, 2.05) is 55.5 Å². The van der Waals surface area contributed by atoms with Gasteiger partial charge in [0, 0.05) is 6.42 Å². The normalized spacial score (nSPS) is 12.1. The maximum absolute atomic E-state index is 12.2. The van der Waals surface area contributed by atoms with E-state index in [0.29, 0.717) is 12.8 Å². The zero-order chi connectivity index (χ0) is 16.9. The Morgan fingerprint density at radius 2 is 1.96 bits per heavy atom. The number of carbonyl (C=O) groups is 1. The first-order valence-corrected chi connectivity index (χ1v) is 8.03. The van der Waals surface area contributed by atoms with E-state index in [9.17, 15) is 4.79 Å². The van der Waals surface area contributed by atoms with Gasteiger partial charge in [0.1, 0.15) is 11.6 Å². The van der Waals surface area contributed by atoms with Crippen LogP contribution in [0.15, 0.2) is 48.5 Å². The van der Waals surface area contributed by atoms with E-state index in [2.05, 4.69) is 15.3 Å². The van der Waals surface area contributed by atoms with Crippen LogP contribution >= 0.6 is 0 Å². The highest BCUT2D eigenvalue weighted by Crippen LogP contribution is 2.19. The van der Waals surface area contributed by atoms with Gasteiger partial charge >= 0.3 is 0 Å². The lowest BCUT2D eigenvalue weighted by Crippen LogP contribution is -2.27. The van der Waals surface area contributed by atoms with Crippen molar-refractivity contribution >= 4 is 16.9 Å². The Labute approximate surface area is 141 Å². The molecule has 0 aliphatic carbocycles. The number of methoxy groups -OCH3 is 1. The number of hydrogen-bond donors (Lipinski definition) is 2. The average Bonchev–Trinajstić information content (AvgIpc) is 3.04. The Bertz CT molecular complexity index is 808. The molecule has 0 radical (unpaired) electrons. The van der Waals surface area contributed by atoms with Crippen molar-refractivity contribution < 1.29 is 9.53 Å². The first-order valence-electron chi connectivity index (χ1n) is 8.03. The minimum absolute atomic E-state index is 0.00568. The second-order valence-corrected chi connectivity index (χ2v) is 5.74. The third-order valence-corrected chi connectivity index (χ3v) is 4.01. The van der Waals surface area contributed by atoms with Gasteiger partial charge in [0.25, 0.3) is 0 Å². The highest BCUT2D eigenvalue weighted by atomic mass is 16.5. The number of benzene rings is 2. The molecule has 2 N–H and O–H groups in total.